The molecule has 0 atom stereocenters. The van der Waals surface area contributed by atoms with Crippen LogP contribution in [0, 0.1) is 18.2 Å². The Labute approximate surface area is 486 Å². The van der Waals surface area contributed by atoms with Crippen LogP contribution < -0.4 is 0 Å². The third-order valence-corrected chi connectivity index (χ3v) is 15.2. The molecule has 0 bridgehead atoms. The van der Waals surface area contributed by atoms with Crippen LogP contribution in [0.25, 0.3) is 144 Å². The van der Waals surface area contributed by atoms with Crippen LogP contribution in [0.4, 0.5) is 0 Å². The van der Waals surface area contributed by atoms with E-state index in [4.69, 9.17) is 4.98 Å². The number of pyridine rings is 3. The molecule has 0 unspecified atom stereocenters. The van der Waals surface area contributed by atoms with Crippen molar-refractivity contribution < 1.29 is 20.1 Å². The first kappa shape index (κ1) is 50.5. The van der Waals surface area contributed by atoms with E-state index >= 15 is 0 Å². The third-order valence-electron chi connectivity index (χ3n) is 15.2. The number of aromatic nitrogens is 3. The quantitative estimate of drug-likeness (QED) is 0.0957. The van der Waals surface area contributed by atoms with Crippen molar-refractivity contribution >= 4 is 21.7 Å². The molecule has 4 heteroatoms. The van der Waals surface area contributed by atoms with Gasteiger partial charge in [-0.05, 0) is 114 Å². The summed E-state index contributed by atoms with van der Waals surface area (Å²) in [5.74, 6) is 0. The minimum absolute atomic E-state index is 0. The molecule has 14 rings (SSSR count). The van der Waals surface area contributed by atoms with Crippen molar-refractivity contribution in [3.8, 4) is 123 Å². The van der Waals surface area contributed by atoms with Gasteiger partial charge >= 0.3 is 20.1 Å². The van der Waals surface area contributed by atoms with Gasteiger partial charge in [-0.15, -0.1) is 77.2 Å². The Balaban J connectivity index is 0.00000618. The van der Waals surface area contributed by atoms with Gasteiger partial charge in [-0.3, -0.25) is 0 Å². The number of benzene rings is 11. The normalized spacial score (nSPS) is 11.1. The molecule has 380 valence electrons. The van der Waals surface area contributed by atoms with E-state index in [0.29, 0.717) is 0 Å². The molecule has 0 aliphatic heterocycles. The molecule has 3 heterocycles. The maximum absolute atomic E-state index is 5.17. The largest absolute Gasteiger partial charge is 3.00 e. The fraction of sp³-hybridized carbons (Fsp3) is 0. The molecule has 81 heavy (non-hydrogen) atoms. The third kappa shape index (κ3) is 10.0. The molecule has 0 saturated heterocycles. The van der Waals surface area contributed by atoms with Crippen LogP contribution in [0.5, 0.6) is 0 Å². The number of hydrogen-bond donors (Lipinski definition) is 0. The number of rotatable bonds is 11. The second-order valence-corrected chi connectivity index (χ2v) is 20.0. The molecule has 14 aromatic rings. The smallest absolute Gasteiger partial charge is 0.305 e. The van der Waals surface area contributed by atoms with Crippen molar-refractivity contribution in [2.75, 3.05) is 0 Å². The Morgan fingerprint density at radius 2 is 0.704 bits per heavy atom. The van der Waals surface area contributed by atoms with E-state index in [-0.39, 0.29) is 20.1 Å². The molecule has 0 spiro atoms. The van der Waals surface area contributed by atoms with Crippen molar-refractivity contribution in [3.05, 3.63) is 310 Å². The van der Waals surface area contributed by atoms with Crippen LogP contribution >= 0.6 is 0 Å². The van der Waals surface area contributed by atoms with E-state index in [1.54, 1.807) is 0 Å². The number of hydrogen-bond acceptors (Lipinski definition) is 3. The van der Waals surface area contributed by atoms with Gasteiger partial charge in [0.25, 0.3) is 0 Å². The van der Waals surface area contributed by atoms with Crippen molar-refractivity contribution in [2.45, 2.75) is 0 Å². The monoisotopic (exact) mass is 1210 g/mol. The Morgan fingerprint density at radius 3 is 1.20 bits per heavy atom. The van der Waals surface area contributed by atoms with Crippen LogP contribution in [0.3, 0.4) is 0 Å². The van der Waals surface area contributed by atoms with Crippen molar-refractivity contribution in [3.63, 3.8) is 0 Å². The fourth-order valence-corrected chi connectivity index (χ4v) is 11.3. The van der Waals surface area contributed by atoms with Gasteiger partial charge in [-0.1, -0.05) is 245 Å². The summed E-state index contributed by atoms with van der Waals surface area (Å²) in [6.07, 6.45) is 5.64. The molecular weight excluding hydrogens is 1160 g/mol. The maximum atomic E-state index is 5.17. The van der Waals surface area contributed by atoms with Gasteiger partial charge in [0.15, 0.2) is 0 Å². The van der Waals surface area contributed by atoms with Crippen LogP contribution in [0.15, 0.2) is 292 Å². The summed E-state index contributed by atoms with van der Waals surface area (Å²) in [5.41, 5.74) is 24.6. The van der Waals surface area contributed by atoms with E-state index in [1.807, 2.05) is 61.1 Å². The Bertz CT molecular complexity index is 4380. The fourth-order valence-electron chi connectivity index (χ4n) is 11.3. The van der Waals surface area contributed by atoms with Crippen LogP contribution in [0.2, 0.25) is 0 Å². The predicted octanol–water partition coefficient (Wildman–Crippen LogP) is 19.9. The second kappa shape index (κ2) is 22.4. The molecule has 0 N–H and O–H groups in total. The first-order chi connectivity index (χ1) is 39.7. The van der Waals surface area contributed by atoms with Crippen molar-refractivity contribution in [1.82, 2.24) is 15.0 Å². The SMILES string of the molecule is [Ir+3].[c-]1cc(-c2ccccc2-c2cc(-c3ccccc3-c3c[c-]c(-c4ccccn4)cc3)cc(-c3ccccc3-c3c[c-]c4c(ccc5cc(-c6ccccc6)cnc54)c3-c3ccc(-c4ccccc4)cc3)c2)ccc1-c1ccccn1. The summed E-state index contributed by atoms with van der Waals surface area (Å²) in [6, 6.07) is 108. The molecule has 0 fully saturated rings. The van der Waals surface area contributed by atoms with Gasteiger partial charge < -0.3 is 15.0 Å². The van der Waals surface area contributed by atoms with Crippen LogP contribution in [-0.4, -0.2) is 15.0 Å². The predicted molar refractivity (Wildman–Crippen MR) is 331 cm³/mol. The summed E-state index contributed by atoms with van der Waals surface area (Å²) >= 11 is 0. The van der Waals surface area contributed by atoms with Gasteiger partial charge in [0, 0.05) is 18.6 Å². The molecule has 0 saturated carbocycles. The average molecular weight is 1210 g/mol. The van der Waals surface area contributed by atoms with Crippen molar-refractivity contribution in [1.29, 1.82) is 0 Å². The summed E-state index contributed by atoms with van der Waals surface area (Å²) in [4.78, 5) is 14.4. The van der Waals surface area contributed by atoms with E-state index < -0.39 is 0 Å². The van der Waals surface area contributed by atoms with Crippen molar-refractivity contribution in [2.24, 2.45) is 0 Å². The topological polar surface area (TPSA) is 38.7 Å². The first-order valence-electron chi connectivity index (χ1n) is 27.0. The molecule has 0 aliphatic rings. The standard InChI is InChI=1S/C77H48N3.Ir/c1-3-17-52(18-4-1)54-29-39-59(40-30-54)76-71(43-44-73-72(76)42-41-60-47-64(51-80-77(60)73)53-19-5-2-6-20-53)70-26-12-11-25-69(70)63-49-61(67-23-9-7-21-65(67)55-31-35-57(36-32-55)74-27-13-15-45-78-74)48-62(50-63)68-24-10-8-22-66(68)56-33-37-58(38-34-56)75-28-14-16-46-79-75;/h1-35,37,39-43,45-51H;/q-3;+3. The van der Waals surface area contributed by atoms with E-state index in [0.717, 1.165) is 139 Å². The van der Waals surface area contributed by atoms with Gasteiger partial charge in [-0.25, -0.2) is 0 Å². The zero-order chi connectivity index (χ0) is 53.2. The minimum atomic E-state index is 0. The number of fused-ring (bicyclic) bond motifs is 3. The Kier molecular flexibility index (Phi) is 14.0. The minimum Gasteiger partial charge on any atom is -0.305 e. The van der Waals surface area contributed by atoms with Crippen LogP contribution in [0.1, 0.15) is 0 Å². The summed E-state index contributed by atoms with van der Waals surface area (Å²) in [6.45, 7) is 0. The Hall–Kier alpha value is -9.96. The van der Waals surface area contributed by atoms with E-state index in [9.17, 15) is 0 Å². The average Bonchev–Trinajstić information content (AvgIpc) is 3.58. The molecule has 0 radical (unpaired) electrons. The van der Waals surface area contributed by atoms with Gasteiger partial charge in [0.1, 0.15) is 0 Å². The summed E-state index contributed by atoms with van der Waals surface area (Å²) in [7, 11) is 0. The zero-order valence-corrected chi connectivity index (χ0v) is 46.3. The molecule has 0 amide bonds. The molecule has 0 aliphatic carbocycles. The molecular formula is C77H48IrN3. The molecule has 11 aromatic carbocycles. The summed E-state index contributed by atoms with van der Waals surface area (Å²) < 4.78 is 0. The number of nitrogens with zero attached hydrogens (tertiary/aromatic N) is 3. The van der Waals surface area contributed by atoms with Gasteiger partial charge in [-0.2, -0.15) is 0 Å². The first-order valence-corrected chi connectivity index (χ1v) is 27.0. The maximum Gasteiger partial charge on any atom is 3.00 e. The van der Waals surface area contributed by atoms with Gasteiger partial charge in [0.05, 0.1) is 0 Å². The van der Waals surface area contributed by atoms with E-state index in [2.05, 4.69) is 259 Å². The van der Waals surface area contributed by atoms with Gasteiger partial charge in [0.2, 0.25) is 0 Å². The van der Waals surface area contributed by atoms with Crippen LogP contribution in [-0.2, 0) is 20.1 Å². The summed E-state index contributed by atoms with van der Waals surface area (Å²) in [5, 5.41) is 3.15. The molecule has 3 nitrogen and oxygen atoms in total. The Morgan fingerprint density at radius 1 is 0.272 bits per heavy atom. The molecule has 3 aromatic heterocycles. The second-order valence-electron chi connectivity index (χ2n) is 20.0. The zero-order valence-electron chi connectivity index (χ0n) is 43.9. The van der Waals surface area contributed by atoms with E-state index in [1.165, 1.54) is 5.56 Å².